The van der Waals surface area contributed by atoms with E-state index in [2.05, 4.69) is 41.5 Å². The summed E-state index contributed by atoms with van der Waals surface area (Å²) >= 11 is 0. The molecule has 36 heavy (non-hydrogen) atoms. The smallest absolute Gasteiger partial charge is 0.227 e. The van der Waals surface area contributed by atoms with E-state index in [1.807, 2.05) is 36.4 Å². The maximum Gasteiger partial charge on any atom is 0.227 e. The van der Waals surface area contributed by atoms with Crippen molar-refractivity contribution in [1.29, 1.82) is 0 Å². The number of H-pyrrole nitrogens is 2. The van der Waals surface area contributed by atoms with Gasteiger partial charge in [-0.2, -0.15) is 5.10 Å². The summed E-state index contributed by atoms with van der Waals surface area (Å²) in [6.45, 7) is 0. The SMILES string of the molecule is O=C(Nc1cncc(-c2cc3c(-c4nc5c(-c6ccncc6)cccc5[nH]4)n[nH]c3cn2)c1)C1CC1. The number of nitrogens with one attached hydrogen (secondary N) is 3. The van der Waals surface area contributed by atoms with Gasteiger partial charge in [-0.15, -0.1) is 0 Å². The Kier molecular flexibility index (Phi) is 4.60. The lowest BCUT2D eigenvalue weighted by Gasteiger charge is -2.06. The molecule has 1 aromatic carbocycles. The van der Waals surface area contributed by atoms with Crippen LogP contribution in [0.15, 0.2) is 73.4 Å². The standard InChI is InChI=1S/C27H20N8O/c36-27(16-4-5-16)31-18-10-17(12-29-13-18)22-11-20-23(14-30-22)34-35-25(20)26-32-21-3-1-2-19(24(21)33-26)15-6-8-28-9-7-15/h1-3,6-14,16H,4-5H2,(H,31,36)(H,32,33)(H,34,35). The summed E-state index contributed by atoms with van der Waals surface area (Å²) in [6, 6.07) is 13.9. The number of nitrogens with zero attached hydrogens (tertiary/aromatic N) is 5. The van der Waals surface area contributed by atoms with E-state index in [-0.39, 0.29) is 11.8 Å². The van der Waals surface area contributed by atoms with Crippen molar-refractivity contribution in [2.75, 3.05) is 5.32 Å². The van der Waals surface area contributed by atoms with Gasteiger partial charge in [-0.3, -0.25) is 24.8 Å². The number of hydrogen-bond donors (Lipinski definition) is 3. The second kappa shape index (κ2) is 8.09. The van der Waals surface area contributed by atoms with Crippen molar-refractivity contribution < 1.29 is 4.79 Å². The number of amides is 1. The van der Waals surface area contributed by atoms with Crippen LogP contribution in [0.3, 0.4) is 0 Å². The topological polar surface area (TPSA) is 125 Å². The van der Waals surface area contributed by atoms with Crippen LogP contribution in [0, 0.1) is 5.92 Å². The number of fused-ring (bicyclic) bond motifs is 2. The summed E-state index contributed by atoms with van der Waals surface area (Å²) in [5.41, 5.74) is 7.58. The van der Waals surface area contributed by atoms with Crippen LogP contribution in [0.4, 0.5) is 5.69 Å². The summed E-state index contributed by atoms with van der Waals surface area (Å²) in [5, 5.41) is 11.4. The molecule has 0 bridgehead atoms. The number of hydrogen-bond acceptors (Lipinski definition) is 6. The van der Waals surface area contributed by atoms with Gasteiger partial charge in [0.25, 0.3) is 0 Å². The zero-order valence-electron chi connectivity index (χ0n) is 19.1. The van der Waals surface area contributed by atoms with E-state index in [4.69, 9.17) is 4.98 Å². The molecule has 3 N–H and O–H groups in total. The molecule has 0 unspecified atom stereocenters. The number of aromatic nitrogens is 7. The molecule has 0 spiro atoms. The first-order chi connectivity index (χ1) is 17.7. The fourth-order valence-corrected chi connectivity index (χ4v) is 4.40. The molecule has 1 fully saturated rings. The molecule has 1 aliphatic rings. The summed E-state index contributed by atoms with van der Waals surface area (Å²) in [4.78, 5) is 33.5. The van der Waals surface area contributed by atoms with Gasteiger partial charge in [0.1, 0.15) is 5.69 Å². The lowest BCUT2D eigenvalue weighted by molar-refractivity contribution is -0.117. The monoisotopic (exact) mass is 472 g/mol. The van der Waals surface area contributed by atoms with Gasteiger partial charge in [-0.25, -0.2) is 4.98 Å². The van der Waals surface area contributed by atoms with Crippen LogP contribution < -0.4 is 5.32 Å². The van der Waals surface area contributed by atoms with Gasteiger partial charge < -0.3 is 10.3 Å². The average Bonchev–Trinajstić information content (AvgIpc) is 3.55. The molecular weight excluding hydrogens is 452 g/mol. The van der Waals surface area contributed by atoms with Crippen molar-refractivity contribution in [3.05, 3.63) is 73.4 Å². The number of rotatable bonds is 5. The number of para-hydroxylation sites is 1. The lowest BCUT2D eigenvalue weighted by atomic mass is 10.1. The van der Waals surface area contributed by atoms with Crippen molar-refractivity contribution >= 4 is 33.5 Å². The largest absolute Gasteiger partial charge is 0.337 e. The summed E-state index contributed by atoms with van der Waals surface area (Å²) in [6.07, 6.45) is 10.6. The van der Waals surface area contributed by atoms with E-state index in [0.29, 0.717) is 17.2 Å². The summed E-state index contributed by atoms with van der Waals surface area (Å²) < 4.78 is 0. The summed E-state index contributed by atoms with van der Waals surface area (Å²) in [5.74, 6) is 0.837. The minimum absolute atomic E-state index is 0.0468. The number of pyridine rings is 3. The predicted octanol–water partition coefficient (Wildman–Crippen LogP) is 4.97. The Bertz CT molecular complexity index is 1750. The average molecular weight is 473 g/mol. The summed E-state index contributed by atoms with van der Waals surface area (Å²) in [7, 11) is 0. The molecule has 7 rings (SSSR count). The minimum atomic E-state index is 0.0468. The number of aromatic amines is 2. The zero-order valence-corrected chi connectivity index (χ0v) is 19.1. The maximum atomic E-state index is 12.2. The Labute approximate surface area is 205 Å². The van der Waals surface area contributed by atoms with Gasteiger partial charge in [0.15, 0.2) is 5.82 Å². The van der Waals surface area contributed by atoms with Crippen molar-refractivity contribution in [3.63, 3.8) is 0 Å². The van der Waals surface area contributed by atoms with Gasteiger partial charge in [-0.1, -0.05) is 12.1 Å². The van der Waals surface area contributed by atoms with Crippen LogP contribution in [0.5, 0.6) is 0 Å². The first kappa shape index (κ1) is 20.5. The van der Waals surface area contributed by atoms with Crippen LogP contribution in [0.2, 0.25) is 0 Å². The molecule has 0 radical (unpaired) electrons. The Morgan fingerprint density at radius 1 is 0.944 bits per heavy atom. The minimum Gasteiger partial charge on any atom is -0.337 e. The molecule has 1 saturated carbocycles. The Balaban J connectivity index is 1.28. The third kappa shape index (κ3) is 3.58. The molecule has 9 nitrogen and oxygen atoms in total. The maximum absolute atomic E-state index is 12.2. The molecule has 5 heterocycles. The van der Waals surface area contributed by atoms with E-state index < -0.39 is 0 Å². The third-order valence-corrected chi connectivity index (χ3v) is 6.43. The molecule has 9 heteroatoms. The van der Waals surface area contributed by atoms with Gasteiger partial charge >= 0.3 is 0 Å². The number of carbonyl (C=O) groups excluding carboxylic acids is 1. The van der Waals surface area contributed by atoms with Gasteiger partial charge in [0, 0.05) is 41.0 Å². The van der Waals surface area contributed by atoms with Crippen LogP contribution in [0.25, 0.3) is 55.8 Å². The Hall–Kier alpha value is -4.92. The number of anilines is 1. The molecule has 0 atom stereocenters. The molecule has 1 amide bonds. The third-order valence-electron chi connectivity index (χ3n) is 6.43. The van der Waals surface area contributed by atoms with Crippen LogP contribution in [0.1, 0.15) is 12.8 Å². The van der Waals surface area contributed by atoms with E-state index in [9.17, 15) is 4.79 Å². The Morgan fingerprint density at radius 3 is 2.69 bits per heavy atom. The lowest BCUT2D eigenvalue weighted by Crippen LogP contribution is -2.13. The second-order valence-electron chi connectivity index (χ2n) is 8.94. The first-order valence-corrected chi connectivity index (χ1v) is 11.7. The van der Waals surface area contributed by atoms with Crippen molar-refractivity contribution in [3.8, 4) is 33.9 Å². The van der Waals surface area contributed by atoms with E-state index in [1.54, 1.807) is 31.0 Å². The van der Waals surface area contributed by atoms with Gasteiger partial charge in [0.05, 0.1) is 40.3 Å². The van der Waals surface area contributed by atoms with E-state index in [1.165, 1.54) is 0 Å². The van der Waals surface area contributed by atoms with Crippen molar-refractivity contribution in [2.45, 2.75) is 12.8 Å². The van der Waals surface area contributed by atoms with Gasteiger partial charge in [0.2, 0.25) is 5.91 Å². The fourth-order valence-electron chi connectivity index (χ4n) is 4.40. The number of imidazole rings is 1. The van der Waals surface area contributed by atoms with Crippen LogP contribution in [-0.2, 0) is 4.79 Å². The highest BCUT2D eigenvalue weighted by Crippen LogP contribution is 2.33. The molecular formula is C27H20N8O. The molecule has 6 aromatic rings. The quantitative estimate of drug-likeness (QED) is 0.325. The molecule has 0 saturated heterocycles. The van der Waals surface area contributed by atoms with Crippen molar-refractivity contribution in [2.24, 2.45) is 5.92 Å². The molecule has 1 aliphatic carbocycles. The highest BCUT2D eigenvalue weighted by molar-refractivity contribution is 5.98. The zero-order chi connectivity index (χ0) is 24.1. The van der Waals surface area contributed by atoms with E-state index >= 15 is 0 Å². The van der Waals surface area contributed by atoms with Crippen molar-refractivity contribution in [1.82, 2.24) is 35.1 Å². The normalized spacial score (nSPS) is 13.3. The van der Waals surface area contributed by atoms with Gasteiger partial charge in [-0.05, 0) is 48.7 Å². The first-order valence-electron chi connectivity index (χ1n) is 11.7. The van der Waals surface area contributed by atoms with E-state index in [0.717, 1.165) is 57.2 Å². The second-order valence-corrected chi connectivity index (χ2v) is 8.94. The van der Waals surface area contributed by atoms with Crippen LogP contribution in [-0.4, -0.2) is 41.0 Å². The Morgan fingerprint density at radius 2 is 1.83 bits per heavy atom. The highest BCUT2D eigenvalue weighted by atomic mass is 16.2. The number of carbonyl (C=O) groups is 1. The predicted molar refractivity (Wildman–Crippen MR) is 137 cm³/mol. The molecule has 0 aliphatic heterocycles. The number of benzene rings is 1. The van der Waals surface area contributed by atoms with Crippen LogP contribution >= 0.6 is 0 Å². The highest BCUT2D eigenvalue weighted by Gasteiger charge is 2.29. The fraction of sp³-hybridized carbons (Fsp3) is 0.111. The molecule has 5 aromatic heterocycles. The molecule has 174 valence electrons.